The Hall–Kier alpha value is -1.29. The van der Waals surface area contributed by atoms with Crippen molar-refractivity contribution in [2.24, 2.45) is 5.73 Å². The van der Waals surface area contributed by atoms with Gasteiger partial charge in [0.15, 0.2) is 11.6 Å². The van der Waals surface area contributed by atoms with Crippen LogP contribution in [0.5, 0.6) is 5.75 Å². The zero-order valence-corrected chi connectivity index (χ0v) is 11.5. The van der Waals surface area contributed by atoms with Gasteiger partial charge in [-0.15, -0.1) is 0 Å². The molecule has 2 rings (SSSR count). The van der Waals surface area contributed by atoms with Crippen molar-refractivity contribution >= 4 is 23.2 Å². The molecule has 0 aliphatic rings. The number of rotatable bonds is 4. The third-order valence-electron chi connectivity index (χ3n) is 2.61. The fraction of sp³-hybridized carbons (Fsp3) is 0.143. The molecule has 0 aliphatic heterocycles. The van der Waals surface area contributed by atoms with Gasteiger partial charge in [-0.25, -0.2) is 4.39 Å². The Morgan fingerprint density at radius 3 is 2.37 bits per heavy atom. The standard InChI is InChI=1S/C14H12Cl2FNO/c15-11-3-1-10(5-12(11)16)8-19-14-4-2-9(7-18)6-13(14)17/h1-6H,7-8,18H2. The van der Waals surface area contributed by atoms with Crippen molar-refractivity contribution < 1.29 is 9.13 Å². The highest BCUT2D eigenvalue weighted by atomic mass is 35.5. The molecule has 0 heterocycles. The summed E-state index contributed by atoms with van der Waals surface area (Å²) in [6.45, 7) is 0.514. The van der Waals surface area contributed by atoms with Crippen LogP contribution in [0.2, 0.25) is 10.0 Å². The first kappa shape index (κ1) is 14.1. The molecule has 0 aliphatic carbocycles. The summed E-state index contributed by atoms with van der Waals surface area (Å²) in [5, 5.41) is 0.922. The minimum absolute atomic E-state index is 0.184. The zero-order valence-electron chi connectivity index (χ0n) is 10.00. The van der Waals surface area contributed by atoms with Gasteiger partial charge in [-0.1, -0.05) is 35.3 Å². The molecule has 100 valence electrons. The summed E-state index contributed by atoms with van der Waals surface area (Å²) in [5.41, 5.74) is 6.97. The molecule has 19 heavy (non-hydrogen) atoms. The average molecular weight is 300 g/mol. The van der Waals surface area contributed by atoms with E-state index in [9.17, 15) is 4.39 Å². The lowest BCUT2D eigenvalue weighted by Gasteiger charge is -2.09. The van der Waals surface area contributed by atoms with Crippen LogP contribution >= 0.6 is 23.2 Å². The maximum absolute atomic E-state index is 13.7. The molecule has 0 radical (unpaired) electrons. The maximum atomic E-state index is 13.7. The van der Waals surface area contributed by atoms with Crippen LogP contribution in [0.3, 0.4) is 0 Å². The molecule has 0 fully saturated rings. The summed E-state index contributed by atoms with van der Waals surface area (Å²) >= 11 is 11.7. The van der Waals surface area contributed by atoms with Crippen LogP contribution in [0.4, 0.5) is 4.39 Å². The van der Waals surface area contributed by atoms with Crippen molar-refractivity contribution in [2.75, 3.05) is 0 Å². The minimum Gasteiger partial charge on any atom is -0.486 e. The molecule has 0 aromatic heterocycles. The fourth-order valence-electron chi connectivity index (χ4n) is 1.58. The molecular weight excluding hydrogens is 288 g/mol. The van der Waals surface area contributed by atoms with Crippen molar-refractivity contribution in [3.8, 4) is 5.75 Å². The highest BCUT2D eigenvalue weighted by molar-refractivity contribution is 6.42. The minimum atomic E-state index is -0.428. The number of hydrogen-bond acceptors (Lipinski definition) is 2. The van der Waals surface area contributed by atoms with Gasteiger partial charge < -0.3 is 10.5 Å². The van der Waals surface area contributed by atoms with Crippen LogP contribution in [0.15, 0.2) is 36.4 Å². The Morgan fingerprint density at radius 1 is 1.00 bits per heavy atom. The van der Waals surface area contributed by atoms with E-state index in [1.165, 1.54) is 6.07 Å². The molecule has 5 heteroatoms. The van der Waals surface area contributed by atoms with Gasteiger partial charge in [-0.05, 0) is 35.4 Å². The van der Waals surface area contributed by atoms with E-state index in [0.717, 1.165) is 11.1 Å². The van der Waals surface area contributed by atoms with Gasteiger partial charge in [0, 0.05) is 6.54 Å². The molecule has 0 atom stereocenters. The summed E-state index contributed by atoms with van der Waals surface area (Å²) in [6, 6.07) is 9.80. The predicted octanol–water partition coefficient (Wildman–Crippen LogP) is 4.17. The topological polar surface area (TPSA) is 35.2 Å². The second kappa shape index (κ2) is 6.24. The van der Waals surface area contributed by atoms with Crippen LogP contribution < -0.4 is 10.5 Å². The Kier molecular flexibility index (Phi) is 4.64. The quantitative estimate of drug-likeness (QED) is 0.919. The average Bonchev–Trinajstić information content (AvgIpc) is 2.41. The highest BCUT2D eigenvalue weighted by Crippen LogP contribution is 2.24. The van der Waals surface area contributed by atoms with E-state index in [1.54, 1.807) is 30.3 Å². The third kappa shape index (κ3) is 3.60. The van der Waals surface area contributed by atoms with E-state index in [2.05, 4.69) is 0 Å². The maximum Gasteiger partial charge on any atom is 0.165 e. The zero-order chi connectivity index (χ0) is 13.8. The second-order valence-electron chi connectivity index (χ2n) is 4.01. The van der Waals surface area contributed by atoms with Crippen LogP contribution in [-0.2, 0) is 13.2 Å². The third-order valence-corrected chi connectivity index (χ3v) is 3.35. The first-order valence-corrected chi connectivity index (χ1v) is 6.41. The number of benzene rings is 2. The number of halogens is 3. The van der Waals surface area contributed by atoms with Crippen molar-refractivity contribution in [3.63, 3.8) is 0 Å². The van der Waals surface area contributed by atoms with Crippen molar-refractivity contribution in [3.05, 3.63) is 63.4 Å². The summed E-state index contributed by atoms with van der Waals surface area (Å²) < 4.78 is 19.1. The number of hydrogen-bond donors (Lipinski definition) is 1. The molecule has 2 nitrogen and oxygen atoms in total. The lowest BCUT2D eigenvalue weighted by atomic mass is 10.2. The van der Waals surface area contributed by atoms with Gasteiger partial charge in [0.25, 0.3) is 0 Å². The van der Waals surface area contributed by atoms with Gasteiger partial charge in [-0.3, -0.25) is 0 Å². The van der Waals surface area contributed by atoms with Crippen LogP contribution in [0, 0.1) is 5.82 Å². The smallest absolute Gasteiger partial charge is 0.165 e. The van der Waals surface area contributed by atoms with Gasteiger partial charge >= 0.3 is 0 Å². The SMILES string of the molecule is NCc1ccc(OCc2ccc(Cl)c(Cl)c2)c(F)c1. The molecule has 0 amide bonds. The van der Waals surface area contributed by atoms with Gasteiger partial charge in [0.1, 0.15) is 6.61 Å². The summed E-state index contributed by atoms with van der Waals surface area (Å²) in [4.78, 5) is 0. The molecular formula is C14H12Cl2FNO. The Bertz CT molecular complexity index is 590. The Labute approximate surface area is 120 Å². The molecule has 0 unspecified atom stereocenters. The molecule has 0 saturated carbocycles. The van der Waals surface area contributed by atoms with Crippen LogP contribution in [0.25, 0.3) is 0 Å². The van der Waals surface area contributed by atoms with E-state index in [-0.39, 0.29) is 12.4 Å². The largest absolute Gasteiger partial charge is 0.486 e. The Morgan fingerprint density at radius 2 is 1.74 bits per heavy atom. The van der Waals surface area contributed by atoms with E-state index in [1.807, 2.05) is 0 Å². The second-order valence-corrected chi connectivity index (χ2v) is 4.82. The van der Waals surface area contributed by atoms with Crippen LogP contribution in [-0.4, -0.2) is 0 Å². The predicted molar refractivity (Wildman–Crippen MR) is 75.1 cm³/mol. The summed E-state index contributed by atoms with van der Waals surface area (Å²) in [7, 11) is 0. The number of nitrogens with two attached hydrogens (primary N) is 1. The van der Waals surface area contributed by atoms with E-state index in [4.69, 9.17) is 33.7 Å². The first-order valence-electron chi connectivity index (χ1n) is 5.65. The van der Waals surface area contributed by atoms with E-state index < -0.39 is 5.82 Å². The fourth-order valence-corrected chi connectivity index (χ4v) is 1.90. The lowest BCUT2D eigenvalue weighted by molar-refractivity contribution is 0.290. The summed E-state index contributed by atoms with van der Waals surface area (Å²) in [5.74, 6) is -0.244. The summed E-state index contributed by atoms with van der Waals surface area (Å²) in [6.07, 6.45) is 0. The van der Waals surface area contributed by atoms with E-state index in [0.29, 0.717) is 16.6 Å². The normalized spacial score (nSPS) is 10.5. The van der Waals surface area contributed by atoms with Crippen molar-refractivity contribution in [1.29, 1.82) is 0 Å². The number of ether oxygens (including phenoxy) is 1. The van der Waals surface area contributed by atoms with Gasteiger partial charge in [0.2, 0.25) is 0 Å². The monoisotopic (exact) mass is 299 g/mol. The lowest BCUT2D eigenvalue weighted by Crippen LogP contribution is -2.00. The molecule has 0 saturated heterocycles. The van der Waals surface area contributed by atoms with Gasteiger partial charge in [0.05, 0.1) is 10.0 Å². The molecule has 2 N–H and O–H groups in total. The molecule has 0 spiro atoms. The molecule has 2 aromatic carbocycles. The Balaban J connectivity index is 2.07. The molecule has 2 aromatic rings. The van der Waals surface area contributed by atoms with Crippen molar-refractivity contribution in [2.45, 2.75) is 13.2 Å². The van der Waals surface area contributed by atoms with Gasteiger partial charge in [-0.2, -0.15) is 0 Å². The van der Waals surface area contributed by atoms with Crippen molar-refractivity contribution in [1.82, 2.24) is 0 Å². The highest BCUT2D eigenvalue weighted by Gasteiger charge is 2.05. The van der Waals surface area contributed by atoms with E-state index >= 15 is 0 Å². The van der Waals surface area contributed by atoms with Crippen LogP contribution in [0.1, 0.15) is 11.1 Å². The molecule has 0 bridgehead atoms. The first-order chi connectivity index (χ1) is 9.10.